The smallest absolute Gasteiger partial charge is 0.318 e. The quantitative estimate of drug-likeness (QED) is 0.357. The molecule has 3 heterocycles. The lowest BCUT2D eigenvalue weighted by atomic mass is 10.00. The van der Waals surface area contributed by atoms with Crippen molar-refractivity contribution in [3.05, 3.63) is 101 Å². The topological polar surface area (TPSA) is 55.1 Å². The number of nitrogens with one attached hydrogen (secondary N) is 1. The van der Waals surface area contributed by atoms with Crippen LogP contribution in [0.3, 0.4) is 0 Å². The summed E-state index contributed by atoms with van der Waals surface area (Å²) in [6.07, 6.45) is 3.83. The van der Waals surface area contributed by atoms with Gasteiger partial charge in [-0.15, -0.1) is 0 Å². The number of hydrogen-bond donors (Lipinski definition) is 1. The third-order valence-corrected chi connectivity index (χ3v) is 6.92. The number of carbonyl (C=O) groups excluding carboxylic acids is 1. The minimum absolute atomic E-state index is 0.0442. The fourth-order valence-corrected chi connectivity index (χ4v) is 5.11. The molecule has 0 saturated carbocycles. The van der Waals surface area contributed by atoms with Crippen molar-refractivity contribution in [3.8, 4) is 11.5 Å². The molecule has 2 aromatic heterocycles. The molecule has 5 rings (SSSR count). The van der Waals surface area contributed by atoms with Gasteiger partial charge in [0.25, 0.3) is 0 Å². The molecule has 0 fully saturated rings. The van der Waals surface area contributed by atoms with Crippen LogP contribution in [-0.4, -0.2) is 31.8 Å². The Hall–Kier alpha value is -3.80. The Morgan fingerprint density at radius 1 is 1.08 bits per heavy atom. The average Bonchev–Trinajstić information content (AvgIpc) is 3.45. The van der Waals surface area contributed by atoms with Crippen molar-refractivity contribution in [1.29, 1.82) is 0 Å². The van der Waals surface area contributed by atoms with Crippen LogP contribution in [0.5, 0.6) is 0 Å². The average molecular weight is 482 g/mol. The lowest BCUT2D eigenvalue weighted by Gasteiger charge is -2.31. The summed E-state index contributed by atoms with van der Waals surface area (Å²) in [4.78, 5) is 15.8. The van der Waals surface area contributed by atoms with Gasteiger partial charge < -0.3 is 14.8 Å². The molecule has 1 atom stereocenters. The molecule has 0 unspecified atom stereocenters. The largest absolute Gasteiger partial charge is 0.338 e. The van der Waals surface area contributed by atoms with Gasteiger partial charge in [0.05, 0.1) is 29.7 Å². The van der Waals surface area contributed by atoms with Crippen LogP contribution in [0.2, 0.25) is 0 Å². The molecule has 6 heteroatoms. The number of urea groups is 1. The first-order chi connectivity index (χ1) is 17.5. The van der Waals surface area contributed by atoms with E-state index in [4.69, 9.17) is 5.10 Å². The van der Waals surface area contributed by atoms with E-state index in [-0.39, 0.29) is 12.1 Å². The van der Waals surface area contributed by atoms with Crippen LogP contribution in [0, 0.1) is 12.8 Å². The molecule has 2 amide bonds. The lowest BCUT2D eigenvalue weighted by molar-refractivity contribution is 0.180. The van der Waals surface area contributed by atoms with E-state index in [9.17, 15) is 4.79 Å². The number of aryl methyl sites for hydroxylation is 2. The normalized spacial score (nSPS) is 14.9. The van der Waals surface area contributed by atoms with Gasteiger partial charge in [0.1, 0.15) is 5.82 Å². The molecule has 0 radical (unpaired) electrons. The van der Waals surface area contributed by atoms with Gasteiger partial charge in [0, 0.05) is 18.3 Å². The van der Waals surface area contributed by atoms with Crippen LogP contribution in [0.25, 0.3) is 11.5 Å². The monoisotopic (exact) mass is 481 g/mol. The molecule has 0 aliphatic carbocycles. The van der Waals surface area contributed by atoms with Gasteiger partial charge in [-0.1, -0.05) is 68.8 Å². The number of rotatable bonds is 6. The number of amides is 2. The van der Waals surface area contributed by atoms with Crippen molar-refractivity contribution in [1.82, 2.24) is 24.6 Å². The zero-order valence-corrected chi connectivity index (χ0v) is 21.6. The summed E-state index contributed by atoms with van der Waals surface area (Å²) < 4.78 is 4.26. The van der Waals surface area contributed by atoms with Crippen LogP contribution in [0.4, 0.5) is 4.79 Å². The van der Waals surface area contributed by atoms with Crippen molar-refractivity contribution in [2.45, 2.75) is 53.1 Å². The number of aromatic nitrogens is 3. The fraction of sp³-hybridized carbons (Fsp3) is 0.333. The van der Waals surface area contributed by atoms with Gasteiger partial charge in [-0.05, 0) is 55.5 Å². The summed E-state index contributed by atoms with van der Waals surface area (Å²) in [5.74, 6) is 1.54. The van der Waals surface area contributed by atoms with Crippen LogP contribution in [0.1, 0.15) is 61.3 Å². The molecule has 186 valence electrons. The van der Waals surface area contributed by atoms with E-state index in [2.05, 4.69) is 92.3 Å². The standard InChI is InChI=1S/C30H35N5O/c1-5-26-25-20-34(30(36)31-17-16-21(2)3)28(23-12-9-11-22(4)19-23)27-15-10-18-33(27)29(25)35(32-26)24-13-7-6-8-14-24/h6-15,18-19,21,28H,5,16-17,20H2,1-4H3,(H,31,36)/t28-/m0/s1. The zero-order valence-electron chi connectivity index (χ0n) is 21.6. The number of benzene rings is 2. The maximum Gasteiger partial charge on any atom is 0.318 e. The highest BCUT2D eigenvalue weighted by Crippen LogP contribution is 2.38. The zero-order chi connectivity index (χ0) is 25.2. The molecular weight excluding hydrogens is 446 g/mol. The molecule has 0 bridgehead atoms. The maximum atomic E-state index is 13.8. The van der Waals surface area contributed by atoms with Crippen molar-refractivity contribution in [3.63, 3.8) is 0 Å². The molecule has 0 saturated heterocycles. The summed E-state index contributed by atoms with van der Waals surface area (Å²) in [6.45, 7) is 9.73. The Bertz CT molecular complexity index is 1350. The molecule has 4 aromatic rings. The van der Waals surface area contributed by atoms with Gasteiger partial charge in [-0.2, -0.15) is 5.10 Å². The van der Waals surface area contributed by atoms with E-state index in [1.165, 1.54) is 5.56 Å². The predicted octanol–water partition coefficient (Wildman–Crippen LogP) is 6.19. The SMILES string of the molecule is CCc1nn(-c2ccccc2)c2c1CN(C(=O)NCCC(C)C)[C@@H](c1cccc(C)c1)c1cccn1-2. The van der Waals surface area contributed by atoms with Crippen molar-refractivity contribution >= 4 is 6.03 Å². The predicted molar refractivity (Wildman–Crippen MR) is 144 cm³/mol. The van der Waals surface area contributed by atoms with Crippen molar-refractivity contribution in [2.75, 3.05) is 6.54 Å². The van der Waals surface area contributed by atoms with Crippen LogP contribution >= 0.6 is 0 Å². The summed E-state index contributed by atoms with van der Waals surface area (Å²) in [5, 5.41) is 8.24. The molecule has 0 spiro atoms. The van der Waals surface area contributed by atoms with Gasteiger partial charge in [0.2, 0.25) is 0 Å². The molecule has 1 aliphatic heterocycles. The first kappa shape index (κ1) is 23.9. The minimum atomic E-state index is -0.222. The van der Waals surface area contributed by atoms with E-state index < -0.39 is 0 Å². The van der Waals surface area contributed by atoms with E-state index in [0.717, 1.165) is 46.9 Å². The third-order valence-electron chi connectivity index (χ3n) is 6.92. The number of hydrogen-bond acceptors (Lipinski definition) is 2. The minimum Gasteiger partial charge on any atom is -0.338 e. The van der Waals surface area contributed by atoms with Gasteiger partial charge >= 0.3 is 6.03 Å². The van der Waals surface area contributed by atoms with Gasteiger partial charge in [-0.3, -0.25) is 0 Å². The van der Waals surface area contributed by atoms with E-state index >= 15 is 0 Å². The Morgan fingerprint density at radius 3 is 2.61 bits per heavy atom. The van der Waals surface area contributed by atoms with E-state index in [1.807, 2.05) is 27.8 Å². The van der Waals surface area contributed by atoms with Crippen molar-refractivity contribution < 1.29 is 4.79 Å². The Kier molecular flexibility index (Phi) is 6.68. The summed E-state index contributed by atoms with van der Waals surface area (Å²) >= 11 is 0. The van der Waals surface area contributed by atoms with E-state index in [1.54, 1.807) is 0 Å². The summed E-state index contributed by atoms with van der Waals surface area (Å²) in [6, 6.07) is 22.7. The third kappa shape index (κ3) is 4.43. The second-order valence-corrected chi connectivity index (χ2v) is 10.0. The van der Waals surface area contributed by atoms with Crippen molar-refractivity contribution in [2.24, 2.45) is 5.92 Å². The fourth-order valence-electron chi connectivity index (χ4n) is 5.11. The van der Waals surface area contributed by atoms with Gasteiger partial charge in [-0.25, -0.2) is 9.48 Å². The number of fused-ring (bicyclic) bond motifs is 3. The highest BCUT2D eigenvalue weighted by Gasteiger charge is 2.36. The number of nitrogens with zero attached hydrogens (tertiary/aromatic N) is 4. The molecule has 1 aliphatic rings. The second-order valence-electron chi connectivity index (χ2n) is 10.0. The number of para-hydroxylation sites is 1. The summed E-state index contributed by atoms with van der Waals surface area (Å²) in [7, 11) is 0. The molecule has 36 heavy (non-hydrogen) atoms. The Morgan fingerprint density at radius 2 is 1.89 bits per heavy atom. The molecule has 2 aromatic carbocycles. The van der Waals surface area contributed by atoms with Gasteiger partial charge in [0.15, 0.2) is 0 Å². The molecular formula is C30H35N5O. The summed E-state index contributed by atoms with van der Waals surface area (Å²) in [5.41, 5.74) is 6.45. The number of carbonyl (C=O) groups is 1. The second kappa shape index (κ2) is 10.1. The molecule has 6 nitrogen and oxygen atoms in total. The van der Waals surface area contributed by atoms with E-state index in [0.29, 0.717) is 19.0 Å². The maximum absolute atomic E-state index is 13.8. The highest BCUT2D eigenvalue weighted by atomic mass is 16.2. The highest BCUT2D eigenvalue weighted by molar-refractivity contribution is 5.76. The Labute approximate surface area is 213 Å². The van der Waals surface area contributed by atoms with Crippen LogP contribution in [0.15, 0.2) is 72.9 Å². The van der Waals surface area contributed by atoms with Crippen LogP contribution in [-0.2, 0) is 13.0 Å². The lowest BCUT2D eigenvalue weighted by Crippen LogP contribution is -2.42. The first-order valence-electron chi connectivity index (χ1n) is 12.9. The van der Waals surface area contributed by atoms with Crippen LogP contribution < -0.4 is 5.32 Å². The first-order valence-corrected chi connectivity index (χ1v) is 12.9. The molecule has 1 N–H and O–H groups in total. The Balaban J connectivity index is 1.69.